The van der Waals surface area contributed by atoms with Crippen LogP contribution in [0, 0.1) is 11.3 Å². The summed E-state index contributed by atoms with van der Waals surface area (Å²) in [7, 11) is -2.44. The highest BCUT2D eigenvalue weighted by Gasteiger charge is 2.15. The lowest BCUT2D eigenvalue weighted by Gasteiger charge is -2.11. The number of nitrogens with one attached hydrogen (secondary N) is 1. The van der Waals surface area contributed by atoms with Gasteiger partial charge in [0, 0.05) is 6.07 Å². The number of carbonyl (C=O) groups is 1. The summed E-state index contributed by atoms with van der Waals surface area (Å²) < 4.78 is 30.4. The third-order valence-electron chi connectivity index (χ3n) is 2.18. The van der Waals surface area contributed by atoms with Crippen molar-refractivity contribution in [2.24, 2.45) is 0 Å². The van der Waals surface area contributed by atoms with Crippen LogP contribution in [0.3, 0.4) is 0 Å². The smallest absolute Gasteiger partial charge is 0.304 e. The van der Waals surface area contributed by atoms with Crippen LogP contribution in [0.15, 0.2) is 18.2 Å². The molecule has 0 radical (unpaired) electrons. The monoisotopic (exact) mass is 284 g/mol. The van der Waals surface area contributed by atoms with Crippen molar-refractivity contribution in [3.05, 3.63) is 23.8 Å². The van der Waals surface area contributed by atoms with E-state index in [0.29, 0.717) is 5.56 Å². The van der Waals surface area contributed by atoms with Gasteiger partial charge in [-0.3, -0.25) is 9.52 Å². The Bertz CT molecular complexity index is 618. The zero-order valence-electron chi connectivity index (χ0n) is 10.1. The van der Waals surface area contributed by atoms with Gasteiger partial charge in [0.15, 0.2) is 0 Å². The normalized spacial score (nSPS) is 10.5. The molecule has 0 atom stereocenters. The Hall–Kier alpha value is -2.27. The third-order valence-corrected chi connectivity index (χ3v) is 3.45. The van der Waals surface area contributed by atoms with Crippen LogP contribution in [0.4, 0.5) is 5.69 Å². The van der Waals surface area contributed by atoms with Gasteiger partial charge in [0.05, 0.1) is 36.6 Å². The number of sulfonamides is 1. The molecule has 0 aliphatic rings. The van der Waals surface area contributed by atoms with E-state index in [1.165, 1.54) is 25.3 Å². The summed E-state index contributed by atoms with van der Waals surface area (Å²) in [5.74, 6) is -1.54. The highest BCUT2D eigenvalue weighted by atomic mass is 32.2. The van der Waals surface area contributed by atoms with Crippen LogP contribution in [-0.4, -0.2) is 32.4 Å². The number of methoxy groups -OCH3 is 1. The first kappa shape index (κ1) is 14.8. The van der Waals surface area contributed by atoms with Gasteiger partial charge in [-0.25, -0.2) is 8.42 Å². The molecule has 0 unspecified atom stereocenters. The first-order valence-corrected chi connectivity index (χ1v) is 6.83. The number of rotatable bonds is 6. The minimum Gasteiger partial charge on any atom is -0.495 e. The summed E-state index contributed by atoms with van der Waals surface area (Å²) in [6.45, 7) is 0. The summed E-state index contributed by atoms with van der Waals surface area (Å²) in [6.07, 6.45) is -0.492. The van der Waals surface area contributed by atoms with Gasteiger partial charge in [-0.2, -0.15) is 5.26 Å². The van der Waals surface area contributed by atoms with Gasteiger partial charge in [0.25, 0.3) is 0 Å². The molecule has 2 N–H and O–H groups in total. The molecule has 0 saturated heterocycles. The standard InChI is InChI=1S/C11H12N2O5S/c1-18-10-6-8(7-12)2-3-9(10)13-19(16,17)5-4-11(14)15/h2-3,6,13H,4-5H2,1H3,(H,14,15). The lowest BCUT2D eigenvalue weighted by atomic mass is 10.2. The van der Waals surface area contributed by atoms with E-state index < -0.39 is 28.2 Å². The lowest BCUT2D eigenvalue weighted by Crippen LogP contribution is -2.19. The first-order valence-electron chi connectivity index (χ1n) is 5.18. The Morgan fingerprint density at radius 3 is 2.74 bits per heavy atom. The Morgan fingerprint density at radius 1 is 1.53 bits per heavy atom. The zero-order chi connectivity index (χ0) is 14.5. The molecule has 0 fully saturated rings. The minimum atomic E-state index is -3.78. The van der Waals surface area contributed by atoms with Crippen molar-refractivity contribution in [2.75, 3.05) is 17.6 Å². The van der Waals surface area contributed by atoms with Gasteiger partial charge in [0.1, 0.15) is 5.75 Å². The Morgan fingerprint density at radius 2 is 2.21 bits per heavy atom. The van der Waals surface area contributed by atoms with Gasteiger partial charge in [0.2, 0.25) is 10.0 Å². The summed E-state index contributed by atoms with van der Waals surface area (Å²) in [5.41, 5.74) is 0.484. The molecule has 0 saturated carbocycles. The Balaban J connectivity index is 2.93. The van der Waals surface area contributed by atoms with E-state index in [0.717, 1.165) is 0 Å². The van der Waals surface area contributed by atoms with E-state index in [4.69, 9.17) is 15.1 Å². The van der Waals surface area contributed by atoms with Crippen molar-refractivity contribution in [3.8, 4) is 11.8 Å². The van der Waals surface area contributed by atoms with Gasteiger partial charge in [-0.15, -0.1) is 0 Å². The highest BCUT2D eigenvalue weighted by Crippen LogP contribution is 2.26. The Kier molecular flexibility index (Phi) is 4.72. The predicted molar refractivity (Wildman–Crippen MR) is 67.4 cm³/mol. The molecule has 1 aromatic rings. The molecule has 7 nitrogen and oxygen atoms in total. The summed E-state index contributed by atoms with van der Waals surface area (Å²) in [4.78, 5) is 10.4. The maximum atomic E-state index is 11.6. The van der Waals surface area contributed by atoms with Crippen LogP contribution in [0.25, 0.3) is 0 Å². The molecule has 8 heteroatoms. The molecule has 0 bridgehead atoms. The number of ether oxygens (including phenoxy) is 1. The average Bonchev–Trinajstić information content (AvgIpc) is 2.36. The van der Waals surface area contributed by atoms with Gasteiger partial charge >= 0.3 is 5.97 Å². The molecular formula is C11H12N2O5S. The number of nitriles is 1. The molecule has 0 aromatic heterocycles. The molecule has 19 heavy (non-hydrogen) atoms. The fourth-order valence-corrected chi connectivity index (χ4v) is 2.33. The molecule has 1 aromatic carbocycles. The molecule has 102 valence electrons. The van der Waals surface area contributed by atoms with Crippen LogP contribution in [0.5, 0.6) is 5.75 Å². The molecule has 0 amide bonds. The zero-order valence-corrected chi connectivity index (χ0v) is 10.9. The highest BCUT2D eigenvalue weighted by molar-refractivity contribution is 7.92. The number of carboxylic acids is 1. The lowest BCUT2D eigenvalue weighted by molar-refractivity contribution is -0.136. The van der Waals surface area contributed by atoms with Crippen molar-refractivity contribution in [3.63, 3.8) is 0 Å². The van der Waals surface area contributed by atoms with Gasteiger partial charge in [-0.05, 0) is 12.1 Å². The SMILES string of the molecule is COc1cc(C#N)ccc1NS(=O)(=O)CCC(=O)O. The number of nitrogens with zero attached hydrogens (tertiary/aromatic N) is 1. The minimum absolute atomic E-state index is 0.159. The van der Waals surface area contributed by atoms with E-state index in [1.807, 2.05) is 6.07 Å². The molecule has 1 rings (SSSR count). The maximum absolute atomic E-state index is 11.6. The Labute approximate surface area is 110 Å². The van der Waals surface area contributed by atoms with Crippen LogP contribution in [0.1, 0.15) is 12.0 Å². The van der Waals surface area contributed by atoms with Crippen molar-refractivity contribution >= 4 is 21.7 Å². The quantitative estimate of drug-likeness (QED) is 0.797. The summed E-state index contributed by atoms with van der Waals surface area (Å²) in [6, 6.07) is 6.09. The number of carboxylic acid groups (broad SMARTS) is 1. The van der Waals surface area contributed by atoms with Gasteiger partial charge < -0.3 is 9.84 Å². The van der Waals surface area contributed by atoms with Crippen molar-refractivity contribution < 1.29 is 23.1 Å². The van der Waals surface area contributed by atoms with E-state index in [-0.39, 0.29) is 11.4 Å². The van der Waals surface area contributed by atoms with Crippen molar-refractivity contribution in [1.82, 2.24) is 0 Å². The second-order valence-corrected chi connectivity index (χ2v) is 5.43. The van der Waals surface area contributed by atoms with Gasteiger partial charge in [-0.1, -0.05) is 0 Å². The molecule has 0 heterocycles. The fourth-order valence-electron chi connectivity index (χ4n) is 1.29. The average molecular weight is 284 g/mol. The number of anilines is 1. The third kappa shape index (κ3) is 4.48. The van der Waals surface area contributed by atoms with Crippen LogP contribution in [-0.2, 0) is 14.8 Å². The largest absolute Gasteiger partial charge is 0.495 e. The van der Waals surface area contributed by atoms with E-state index in [1.54, 1.807) is 0 Å². The number of aliphatic carboxylic acids is 1. The fraction of sp³-hybridized carbons (Fsp3) is 0.273. The second kappa shape index (κ2) is 6.06. The van der Waals surface area contributed by atoms with Crippen LogP contribution >= 0.6 is 0 Å². The molecule has 0 aliphatic heterocycles. The van der Waals surface area contributed by atoms with E-state index in [2.05, 4.69) is 4.72 Å². The first-order chi connectivity index (χ1) is 8.88. The van der Waals surface area contributed by atoms with E-state index in [9.17, 15) is 13.2 Å². The summed E-state index contributed by atoms with van der Waals surface area (Å²) >= 11 is 0. The molecule has 0 aliphatic carbocycles. The topological polar surface area (TPSA) is 116 Å². The van der Waals surface area contributed by atoms with Crippen molar-refractivity contribution in [1.29, 1.82) is 5.26 Å². The molecular weight excluding hydrogens is 272 g/mol. The molecule has 0 spiro atoms. The van der Waals surface area contributed by atoms with E-state index >= 15 is 0 Å². The maximum Gasteiger partial charge on any atom is 0.304 e. The van der Waals surface area contributed by atoms with Crippen LogP contribution in [0.2, 0.25) is 0 Å². The summed E-state index contributed by atoms with van der Waals surface area (Å²) in [5, 5.41) is 17.2. The van der Waals surface area contributed by atoms with Crippen molar-refractivity contribution in [2.45, 2.75) is 6.42 Å². The number of hydrogen-bond acceptors (Lipinski definition) is 5. The number of benzene rings is 1. The number of hydrogen-bond donors (Lipinski definition) is 2. The predicted octanol–water partition coefficient (Wildman–Crippen LogP) is 0.783. The second-order valence-electron chi connectivity index (χ2n) is 3.59. The van der Waals surface area contributed by atoms with Crippen LogP contribution < -0.4 is 9.46 Å².